The minimum atomic E-state index is -0.326. The van der Waals surface area contributed by atoms with E-state index in [1.165, 1.54) is 22.0 Å². The van der Waals surface area contributed by atoms with Crippen LogP contribution in [0, 0.1) is 0 Å². The number of morpholine rings is 1. The number of hydrogen-bond donors (Lipinski definition) is 0. The molecule has 2 unspecified atom stereocenters. The number of nitrogens with zero attached hydrogens (tertiary/aromatic N) is 2. The third kappa shape index (κ3) is 7.45. The number of fused-ring (bicyclic) bond motifs is 1. The zero-order chi connectivity index (χ0) is 32.5. The highest BCUT2D eigenvalue weighted by molar-refractivity contribution is 7.07. The van der Waals surface area contributed by atoms with Gasteiger partial charge in [-0.2, -0.15) is 0 Å². The van der Waals surface area contributed by atoms with Crippen LogP contribution in [0.5, 0.6) is 5.75 Å². The molecule has 0 bridgehead atoms. The molecule has 1 aliphatic rings. The van der Waals surface area contributed by atoms with Crippen molar-refractivity contribution in [2.45, 2.75) is 78.7 Å². The Morgan fingerprint density at radius 2 is 1.67 bits per heavy atom. The van der Waals surface area contributed by atoms with Gasteiger partial charge in [0.2, 0.25) is 5.91 Å². The number of aromatic nitrogens is 1. The maximum Gasteiger partial charge on any atom is 0.269 e. The summed E-state index contributed by atoms with van der Waals surface area (Å²) in [5.41, 5.74) is 2.06. The lowest BCUT2D eigenvalue weighted by Crippen LogP contribution is -2.50. The van der Waals surface area contributed by atoms with Crippen molar-refractivity contribution in [3.05, 3.63) is 96.9 Å². The summed E-state index contributed by atoms with van der Waals surface area (Å²) >= 11 is 1.20. The lowest BCUT2D eigenvalue weighted by atomic mass is 9.86. The zero-order valence-corrected chi connectivity index (χ0v) is 27.9. The lowest BCUT2D eigenvalue weighted by molar-refractivity contribution is -0.143. The van der Waals surface area contributed by atoms with Crippen LogP contribution in [-0.2, 0) is 21.5 Å². The molecule has 3 aromatic carbocycles. The van der Waals surface area contributed by atoms with Crippen LogP contribution in [0.15, 0.2) is 65.5 Å². The molecular weight excluding hydrogens is 584 g/mol. The molecule has 0 radical (unpaired) electrons. The second kappa shape index (κ2) is 13.2. The number of amides is 1. The number of ketones is 1. The molecule has 0 N–H and O–H groups in total. The average molecular weight is 627 g/mol. The Hall–Kier alpha value is -4.01. The molecule has 2 heterocycles. The molecule has 236 valence electrons. The highest BCUT2D eigenvalue weighted by atomic mass is 32.1. The van der Waals surface area contributed by atoms with E-state index in [1.54, 1.807) is 4.90 Å². The predicted molar refractivity (Wildman–Crippen MR) is 182 cm³/mol. The second-order valence-corrected chi connectivity index (χ2v) is 14.2. The van der Waals surface area contributed by atoms with Crippen LogP contribution in [0.2, 0.25) is 0 Å². The molecule has 1 amide bonds. The molecule has 0 saturated carbocycles. The summed E-state index contributed by atoms with van der Waals surface area (Å²) in [6.45, 7) is 14.9. The molecular formula is C37H42N2O5S. The molecule has 5 rings (SSSR count). The quantitative estimate of drug-likeness (QED) is 0.261. The molecule has 2 atom stereocenters. The Bertz CT molecular complexity index is 1890. The van der Waals surface area contributed by atoms with Gasteiger partial charge in [-0.05, 0) is 61.6 Å². The van der Waals surface area contributed by atoms with Gasteiger partial charge in [0, 0.05) is 30.3 Å². The topological polar surface area (TPSA) is 77.8 Å². The number of Topliss-reactive ketones (excluding diaryl/α,β-unsaturated/α-hetero) is 1. The van der Waals surface area contributed by atoms with Gasteiger partial charge < -0.3 is 14.4 Å². The van der Waals surface area contributed by atoms with Crippen molar-refractivity contribution in [1.29, 1.82) is 0 Å². The number of benzene rings is 3. The normalized spacial score (nSPS) is 18.2. The van der Waals surface area contributed by atoms with Crippen LogP contribution < -0.4 is 19.5 Å². The maximum absolute atomic E-state index is 14.1. The third-order valence-electron chi connectivity index (χ3n) is 7.86. The average Bonchev–Trinajstić information content (AvgIpc) is 3.26. The van der Waals surface area contributed by atoms with E-state index in [0.717, 1.165) is 21.9 Å². The van der Waals surface area contributed by atoms with Gasteiger partial charge in [0.05, 0.1) is 22.8 Å². The van der Waals surface area contributed by atoms with Crippen LogP contribution in [0.25, 0.3) is 22.9 Å². The van der Waals surface area contributed by atoms with Gasteiger partial charge in [0.1, 0.15) is 17.0 Å². The fourth-order valence-electron chi connectivity index (χ4n) is 5.65. The van der Waals surface area contributed by atoms with Crippen molar-refractivity contribution < 1.29 is 19.1 Å². The summed E-state index contributed by atoms with van der Waals surface area (Å²) in [6.07, 6.45) is 3.03. The van der Waals surface area contributed by atoms with Crippen molar-refractivity contribution in [1.82, 2.24) is 9.47 Å². The molecule has 0 spiro atoms. The smallest absolute Gasteiger partial charge is 0.269 e. The minimum Gasteiger partial charge on any atom is -0.490 e. The van der Waals surface area contributed by atoms with Crippen molar-refractivity contribution in [3.8, 4) is 5.75 Å². The van der Waals surface area contributed by atoms with Gasteiger partial charge in [-0.25, -0.2) is 0 Å². The molecule has 1 aliphatic heterocycles. The van der Waals surface area contributed by atoms with Crippen molar-refractivity contribution >= 4 is 46.0 Å². The standard InChI is InChI=1S/C37H42N2O5S/c1-23(2)43-32-17-14-26-10-8-9-11-29(26)30(32)18-33-36(42)39(22-34(41)38-20-24(3)44-25(4)21-38)35(45-33)19-31(40)27-12-15-28(16-13-27)37(5,6)7/h8-19,23-25H,20-22H2,1-7H3/b33-18-,35-19-. The van der Waals surface area contributed by atoms with E-state index in [2.05, 4.69) is 20.8 Å². The molecule has 1 aromatic heterocycles. The van der Waals surface area contributed by atoms with Crippen LogP contribution in [0.3, 0.4) is 0 Å². The second-order valence-electron chi connectivity index (χ2n) is 13.1. The highest BCUT2D eigenvalue weighted by Crippen LogP contribution is 2.29. The summed E-state index contributed by atoms with van der Waals surface area (Å²) in [7, 11) is 0. The molecule has 45 heavy (non-hydrogen) atoms. The molecule has 0 aliphatic carbocycles. The number of ether oxygens (including phenoxy) is 2. The fourth-order valence-corrected chi connectivity index (χ4v) is 6.68. The van der Waals surface area contributed by atoms with E-state index in [1.807, 2.05) is 94.4 Å². The first-order valence-corrected chi connectivity index (χ1v) is 16.3. The molecule has 8 heteroatoms. The van der Waals surface area contributed by atoms with Crippen molar-refractivity contribution in [3.63, 3.8) is 0 Å². The molecule has 1 saturated heterocycles. The molecule has 1 fully saturated rings. The first-order chi connectivity index (χ1) is 21.3. The Kier molecular flexibility index (Phi) is 9.46. The number of rotatable bonds is 7. The monoisotopic (exact) mass is 626 g/mol. The maximum atomic E-state index is 14.1. The minimum absolute atomic E-state index is 0.0428. The van der Waals surface area contributed by atoms with E-state index in [0.29, 0.717) is 33.6 Å². The van der Waals surface area contributed by atoms with E-state index >= 15 is 0 Å². The number of carbonyl (C=O) groups is 2. The van der Waals surface area contributed by atoms with Crippen LogP contribution in [0.4, 0.5) is 0 Å². The Labute approximate surface area is 268 Å². The molecule has 4 aromatic rings. The summed E-state index contributed by atoms with van der Waals surface area (Å²) in [6, 6.07) is 19.4. The Morgan fingerprint density at radius 1 is 1.00 bits per heavy atom. The van der Waals surface area contributed by atoms with Gasteiger partial charge in [0.15, 0.2) is 5.78 Å². The highest BCUT2D eigenvalue weighted by Gasteiger charge is 2.26. The van der Waals surface area contributed by atoms with Gasteiger partial charge in [0.25, 0.3) is 5.56 Å². The first kappa shape index (κ1) is 32.4. The number of hydrogen-bond acceptors (Lipinski definition) is 6. The molecule has 7 nitrogen and oxygen atoms in total. The summed E-state index contributed by atoms with van der Waals surface area (Å²) < 4.78 is 14.2. The Balaban J connectivity index is 1.64. The zero-order valence-electron chi connectivity index (χ0n) is 27.1. The first-order valence-electron chi connectivity index (χ1n) is 15.5. The van der Waals surface area contributed by atoms with Crippen molar-refractivity contribution in [2.75, 3.05) is 13.1 Å². The number of carbonyl (C=O) groups excluding carboxylic acids is 2. The van der Waals surface area contributed by atoms with Gasteiger partial charge in [-0.3, -0.25) is 19.0 Å². The van der Waals surface area contributed by atoms with Crippen LogP contribution in [-0.4, -0.2) is 52.6 Å². The Morgan fingerprint density at radius 3 is 2.31 bits per heavy atom. The summed E-state index contributed by atoms with van der Waals surface area (Å²) in [4.78, 5) is 42.9. The summed E-state index contributed by atoms with van der Waals surface area (Å²) in [5.74, 6) is 0.247. The largest absolute Gasteiger partial charge is 0.490 e. The van der Waals surface area contributed by atoms with Crippen molar-refractivity contribution in [2.24, 2.45) is 0 Å². The van der Waals surface area contributed by atoms with Gasteiger partial charge in [-0.15, -0.1) is 11.3 Å². The van der Waals surface area contributed by atoms with Crippen LogP contribution in [0.1, 0.15) is 70.0 Å². The predicted octanol–water partition coefficient (Wildman–Crippen LogP) is 5.28. The van der Waals surface area contributed by atoms with E-state index in [4.69, 9.17) is 9.47 Å². The van der Waals surface area contributed by atoms with E-state index in [-0.39, 0.29) is 47.5 Å². The lowest BCUT2D eigenvalue weighted by Gasteiger charge is -2.35. The SMILES string of the molecule is CC(C)Oc1ccc2ccccc2c1/C=c1\s/c(=C\C(=O)c2ccc(C(C)(C)C)cc2)n(CC(=O)N2CC(C)OC(C)C2)c1=O. The third-order valence-corrected chi connectivity index (χ3v) is 8.92. The van der Waals surface area contributed by atoms with Gasteiger partial charge >= 0.3 is 0 Å². The van der Waals surface area contributed by atoms with Crippen LogP contribution >= 0.6 is 11.3 Å². The fraction of sp³-hybridized carbons (Fsp3) is 0.378. The van der Waals surface area contributed by atoms with E-state index in [9.17, 15) is 14.4 Å². The van der Waals surface area contributed by atoms with Gasteiger partial charge in [-0.1, -0.05) is 75.4 Å². The van der Waals surface area contributed by atoms with E-state index < -0.39 is 0 Å². The summed E-state index contributed by atoms with van der Waals surface area (Å²) in [5, 5.41) is 1.96. The number of thiazole rings is 1.